The number of aryl methyl sites for hydroxylation is 2. The summed E-state index contributed by atoms with van der Waals surface area (Å²) in [5.74, 6) is -0.786. The number of hydrogen-bond acceptors (Lipinski definition) is 6. The van der Waals surface area contributed by atoms with E-state index in [1.54, 1.807) is 11.8 Å². The van der Waals surface area contributed by atoms with Crippen LogP contribution >= 0.6 is 11.3 Å². The predicted octanol–water partition coefficient (Wildman–Crippen LogP) is 5.33. The molecule has 0 spiro atoms. The number of aromatic nitrogens is 1. The Bertz CT molecular complexity index is 1220. The average Bonchev–Trinajstić information content (AvgIpc) is 3.28. The molecule has 0 aliphatic carbocycles. The van der Waals surface area contributed by atoms with Gasteiger partial charge in [0.25, 0.3) is 5.91 Å². The van der Waals surface area contributed by atoms with Crippen LogP contribution in [0.5, 0.6) is 5.75 Å². The van der Waals surface area contributed by atoms with E-state index < -0.39 is 17.7 Å². The van der Waals surface area contributed by atoms with E-state index in [1.807, 2.05) is 68.4 Å². The zero-order valence-electron chi connectivity index (χ0n) is 18.9. The highest BCUT2D eigenvalue weighted by Gasteiger charge is 2.44. The van der Waals surface area contributed by atoms with Gasteiger partial charge in [0, 0.05) is 6.54 Å². The number of benzene rings is 2. The number of carbonyl (C=O) groups is 2. The van der Waals surface area contributed by atoms with Crippen LogP contribution in [-0.4, -0.2) is 33.3 Å². The molecule has 6 nitrogen and oxygen atoms in total. The summed E-state index contributed by atoms with van der Waals surface area (Å²) in [6.45, 7) is 6.44. The smallest absolute Gasteiger partial charge is 0.290 e. The van der Waals surface area contributed by atoms with Gasteiger partial charge < -0.3 is 14.7 Å². The van der Waals surface area contributed by atoms with Crippen molar-refractivity contribution in [1.82, 2.24) is 9.88 Å². The van der Waals surface area contributed by atoms with Crippen LogP contribution in [0.3, 0.4) is 0 Å². The lowest BCUT2D eigenvalue weighted by atomic mass is 9.94. The molecule has 1 unspecified atom stereocenters. The minimum atomic E-state index is -0.739. The second-order valence-electron chi connectivity index (χ2n) is 7.98. The van der Waals surface area contributed by atoms with Gasteiger partial charge in [0.15, 0.2) is 5.76 Å². The maximum atomic E-state index is 13.6. The molecule has 1 atom stereocenters. The van der Waals surface area contributed by atoms with Crippen molar-refractivity contribution >= 4 is 23.0 Å². The maximum Gasteiger partial charge on any atom is 0.290 e. The summed E-state index contributed by atoms with van der Waals surface area (Å²) in [4.78, 5) is 33.2. The second-order valence-corrected chi connectivity index (χ2v) is 9.18. The lowest BCUT2D eigenvalue weighted by molar-refractivity contribution is -0.130. The molecule has 0 saturated heterocycles. The Kier molecular flexibility index (Phi) is 6.60. The van der Waals surface area contributed by atoms with Crippen LogP contribution in [-0.2, 0) is 11.3 Å². The number of amides is 1. The normalized spacial score (nSPS) is 15.9. The van der Waals surface area contributed by atoms with E-state index in [1.165, 1.54) is 11.3 Å². The molecule has 0 saturated carbocycles. The summed E-state index contributed by atoms with van der Waals surface area (Å²) in [5.41, 5.74) is 2.28. The molecule has 170 valence electrons. The van der Waals surface area contributed by atoms with Gasteiger partial charge in [-0.3, -0.25) is 9.59 Å². The van der Waals surface area contributed by atoms with Crippen LogP contribution in [0.15, 0.2) is 65.9 Å². The topological polar surface area (TPSA) is 79.7 Å². The number of carbonyl (C=O) groups excluding carboxylic acids is 2. The van der Waals surface area contributed by atoms with Gasteiger partial charge in [-0.1, -0.05) is 49.4 Å². The molecule has 1 aliphatic rings. The van der Waals surface area contributed by atoms with Crippen molar-refractivity contribution in [3.8, 4) is 5.75 Å². The Morgan fingerprint density at radius 1 is 1.15 bits per heavy atom. The first-order chi connectivity index (χ1) is 15.9. The summed E-state index contributed by atoms with van der Waals surface area (Å²) in [5, 5.41) is 11.7. The van der Waals surface area contributed by atoms with Crippen molar-refractivity contribution in [1.29, 1.82) is 0 Å². The summed E-state index contributed by atoms with van der Waals surface area (Å²) in [6.07, 6.45) is 0.862. The number of aliphatic hydroxyl groups is 1. The highest BCUT2D eigenvalue weighted by molar-refractivity contribution is 7.14. The van der Waals surface area contributed by atoms with Gasteiger partial charge in [0.2, 0.25) is 5.78 Å². The SMILES string of the molecule is CCCOc1cccc(C2C(C(=O)c3sc(C)nc3C)=C(O)C(=O)N2Cc2ccccc2)c1. The average molecular weight is 463 g/mol. The molecule has 2 heterocycles. The molecule has 2 aromatic carbocycles. The molecule has 3 aromatic rings. The van der Waals surface area contributed by atoms with Gasteiger partial charge in [0.05, 0.1) is 33.8 Å². The third-order valence-corrected chi connectivity index (χ3v) is 6.57. The van der Waals surface area contributed by atoms with Crippen molar-refractivity contribution in [2.24, 2.45) is 0 Å². The van der Waals surface area contributed by atoms with Crippen LogP contribution in [0.4, 0.5) is 0 Å². The monoisotopic (exact) mass is 462 g/mol. The number of aliphatic hydroxyl groups excluding tert-OH is 1. The van der Waals surface area contributed by atoms with Crippen molar-refractivity contribution in [3.05, 3.63) is 92.6 Å². The van der Waals surface area contributed by atoms with Crippen molar-refractivity contribution < 1.29 is 19.4 Å². The molecule has 1 aliphatic heterocycles. The minimum Gasteiger partial charge on any atom is -0.503 e. The molecule has 7 heteroatoms. The van der Waals surface area contributed by atoms with Crippen LogP contribution in [0.25, 0.3) is 0 Å². The fourth-order valence-electron chi connectivity index (χ4n) is 4.03. The lowest BCUT2D eigenvalue weighted by Gasteiger charge is -2.27. The first-order valence-corrected chi connectivity index (χ1v) is 11.7. The summed E-state index contributed by atoms with van der Waals surface area (Å²) in [7, 11) is 0. The van der Waals surface area contributed by atoms with Gasteiger partial charge in [-0.2, -0.15) is 0 Å². The van der Waals surface area contributed by atoms with E-state index >= 15 is 0 Å². The van der Waals surface area contributed by atoms with Gasteiger partial charge >= 0.3 is 0 Å². The van der Waals surface area contributed by atoms with E-state index in [4.69, 9.17) is 4.74 Å². The summed E-state index contributed by atoms with van der Waals surface area (Å²) in [6, 6.07) is 16.2. The Morgan fingerprint density at radius 2 is 1.91 bits per heavy atom. The quantitative estimate of drug-likeness (QED) is 0.458. The van der Waals surface area contributed by atoms with Crippen LogP contribution < -0.4 is 4.74 Å². The molecule has 1 aromatic heterocycles. The van der Waals surface area contributed by atoms with E-state index in [0.717, 1.165) is 17.0 Å². The molecular weight excluding hydrogens is 436 g/mol. The number of thiazole rings is 1. The van der Waals surface area contributed by atoms with E-state index in [9.17, 15) is 14.7 Å². The van der Waals surface area contributed by atoms with Gasteiger partial charge in [0.1, 0.15) is 5.75 Å². The summed E-state index contributed by atoms with van der Waals surface area (Å²) < 4.78 is 5.79. The number of ketones is 1. The van der Waals surface area contributed by atoms with E-state index in [0.29, 0.717) is 28.5 Å². The Hall–Kier alpha value is -3.45. The largest absolute Gasteiger partial charge is 0.503 e. The number of Topliss-reactive ketones (excluding diaryl/α,β-unsaturated/α-hetero) is 1. The van der Waals surface area contributed by atoms with Crippen molar-refractivity contribution in [2.75, 3.05) is 6.61 Å². The minimum absolute atomic E-state index is 0.0790. The molecule has 33 heavy (non-hydrogen) atoms. The first kappa shape index (κ1) is 22.7. The molecule has 0 fully saturated rings. The highest BCUT2D eigenvalue weighted by Crippen LogP contribution is 2.41. The maximum absolute atomic E-state index is 13.6. The lowest BCUT2D eigenvalue weighted by Crippen LogP contribution is -2.30. The molecule has 0 bridgehead atoms. The fraction of sp³-hybridized carbons (Fsp3) is 0.269. The first-order valence-electron chi connectivity index (χ1n) is 10.9. The van der Waals surface area contributed by atoms with Crippen molar-refractivity contribution in [3.63, 3.8) is 0 Å². The van der Waals surface area contributed by atoms with Crippen LogP contribution in [0, 0.1) is 13.8 Å². The van der Waals surface area contributed by atoms with E-state index in [-0.39, 0.29) is 17.9 Å². The molecule has 4 rings (SSSR count). The third kappa shape index (κ3) is 4.54. The highest BCUT2D eigenvalue weighted by atomic mass is 32.1. The third-order valence-electron chi connectivity index (χ3n) is 5.50. The number of hydrogen-bond donors (Lipinski definition) is 1. The van der Waals surface area contributed by atoms with E-state index in [2.05, 4.69) is 4.98 Å². The Balaban J connectivity index is 1.80. The number of rotatable bonds is 8. The zero-order valence-corrected chi connectivity index (χ0v) is 19.7. The fourth-order valence-corrected chi connectivity index (χ4v) is 4.91. The van der Waals surface area contributed by atoms with Crippen LogP contribution in [0.2, 0.25) is 0 Å². The van der Waals surface area contributed by atoms with Gasteiger partial charge in [-0.25, -0.2) is 4.98 Å². The second kappa shape index (κ2) is 9.58. The van der Waals surface area contributed by atoms with Gasteiger partial charge in [-0.05, 0) is 43.5 Å². The Morgan fingerprint density at radius 3 is 2.58 bits per heavy atom. The molecular formula is C26H26N2O4S. The van der Waals surface area contributed by atoms with Gasteiger partial charge in [-0.15, -0.1) is 11.3 Å². The summed E-state index contributed by atoms with van der Waals surface area (Å²) >= 11 is 1.27. The predicted molar refractivity (Wildman–Crippen MR) is 128 cm³/mol. The molecule has 0 radical (unpaired) electrons. The standard InChI is InChI=1S/C26H26N2O4S/c1-4-13-32-20-12-8-11-19(14-20)22-21(23(29)25-16(2)27-17(3)33-25)24(30)26(31)28(22)15-18-9-6-5-7-10-18/h5-12,14,22,30H,4,13,15H2,1-3H3. The number of ether oxygens (including phenoxy) is 1. The molecule has 1 amide bonds. The van der Waals surface area contributed by atoms with Crippen LogP contribution in [0.1, 0.15) is 50.9 Å². The zero-order chi connectivity index (χ0) is 23.5. The Labute approximate surface area is 197 Å². The van der Waals surface area contributed by atoms with Crippen molar-refractivity contribution in [2.45, 2.75) is 39.8 Å². The molecule has 1 N–H and O–H groups in total. The number of nitrogens with zero attached hydrogens (tertiary/aromatic N) is 2.